The lowest BCUT2D eigenvalue weighted by molar-refractivity contribution is 0.295. The predicted molar refractivity (Wildman–Crippen MR) is 82.8 cm³/mol. The Bertz CT molecular complexity index is 394. The Morgan fingerprint density at radius 2 is 2.21 bits per heavy atom. The summed E-state index contributed by atoms with van der Waals surface area (Å²) in [5.41, 5.74) is 1.28. The van der Waals surface area contributed by atoms with Gasteiger partial charge in [0, 0.05) is 17.1 Å². The summed E-state index contributed by atoms with van der Waals surface area (Å²) in [6.45, 7) is 8.13. The van der Waals surface area contributed by atoms with Crippen LogP contribution in [0, 0.1) is 0 Å². The van der Waals surface area contributed by atoms with Crippen molar-refractivity contribution in [2.45, 2.75) is 45.2 Å². The lowest BCUT2D eigenvalue weighted by Crippen LogP contribution is -2.32. The molecular weight excluding hydrogens is 256 g/mol. The molecule has 1 aromatic rings. The van der Waals surface area contributed by atoms with Gasteiger partial charge in [0.1, 0.15) is 0 Å². The number of nitrogens with one attached hydrogen (secondary N) is 1. The smallest absolute Gasteiger partial charge is 0.0409 e. The minimum absolute atomic E-state index is 0.372. The van der Waals surface area contributed by atoms with Crippen LogP contribution in [0.4, 0.5) is 0 Å². The van der Waals surface area contributed by atoms with Gasteiger partial charge in [0.2, 0.25) is 0 Å². The molecule has 1 saturated heterocycles. The molecule has 1 fully saturated rings. The Labute approximate surface area is 122 Å². The maximum Gasteiger partial charge on any atom is 0.0409 e. The lowest BCUT2D eigenvalue weighted by Gasteiger charge is -2.23. The van der Waals surface area contributed by atoms with Crippen LogP contribution in [-0.4, -0.2) is 30.6 Å². The first-order valence-corrected chi connectivity index (χ1v) is 7.80. The molecule has 106 valence electrons. The van der Waals surface area contributed by atoms with Crippen molar-refractivity contribution in [3.05, 3.63) is 34.9 Å². The SMILES string of the molecule is CCN1CCCC(N[C@H](C)c2cccc(Cl)c2)CC1. The maximum absolute atomic E-state index is 6.06. The van der Waals surface area contributed by atoms with Gasteiger partial charge in [-0.25, -0.2) is 0 Å². The first-order valence-electron chi connectivity index (χ1n) is 7.43. The van der Waals surface area contributed by atoms with E-state index in [4.69, 9.17) is 11.6 Å². The minimum Gasteiger partial charge on any atom is -0.307 e. The average molecular weight is 281 g/mol. The summed E-state index contributed by atoms with van der Waals surface area (Å²) in [6, 6.07) is 9.18. The summed E-state index contributed by atoms with van der Waals surface area (Å²) in [6.07, 6.45) is 3.83. The first kappa shape index (κ1) is 14.8. The summed E-state index contributed by atoms with van der Waals surface area (Å²) < 4.78 is 0. The zero-order valence-corrected chi connectivity index (χ0v) is 12.8. The van der Waals surface area contributed by atoms with Crippen LogP contribution in [0.3, 0.4) is 0 Å². The van der Waals surface area contributed by atoms with Crippen molar-refractivity contribution in [1.29, 1.82) is 0 Å². The molecule has 0 aromatic heterocycles. The van der Waals surface area contributed by atoms with Crippen molar-refractivity contribution in [2.75, 3.05) is 19.6 Å². The highest BCUT2D eigenvalue weighted by Gasteiger charge is 2.18. The third-order valence-corrected chi connectivity index (χ3v) is 4.34. The van der Waals surface area contributed by atoms with Crippen LogP contribution in [0.1, 0.15) is 44.7 Å². The molecule has 2 rings (SSSR count). The molecule has 1 unspecified atom stereocenters. The van der Waals surface area contributed by atoms with Crippen molar-refractivity contribution in [1.82, 2.24) is 10.2 Å². The molecule has 0 radical (unpaired) electrons. The second kappa shape index (κ2) is 7.28. The van der Waals surface area contributed by atoms with Gasteiger partial charge in [0.15, 0.2) is 0 Å². The summed E-state index contributed by atoms with van der Waals surface area (Å²) in [5, 5.41) is 4.58. The predicted octanol–water partition coefficient (Wildman–Crippen LogP) is 3.87. The Kier molecular flexibility index (Phi) is 5.68. The van der Waals surface area contributed by atoms with Crippen molar-refractivity contribution < 1.29 is 0 Å². The molecule has 1 aliphatic rings. The van der Waals surface area contributed by atoms with E-state index in [0.29, 0.717) is 12.1 Å². The Morgan fingerprint density at radius 3 is 2.95 bits per heavy atom. The number of likely N-dealkylation sites (tertiary alicyclic amines) is 1. The summed E-state index contributed by atoms with van der Waals surface area (Å²) in [7, 11) is 0. The maximum atomic E-state index is 6.06. The van der Waals surface area contributed by atoms with Crippen LogP contribution >= 0.6 is 11.6 Å². The Balaban J connectivity index is 1.90. The fourth-order valence-electron chi connectivity index (χ4n) is 2.86. The van der Waals surface area contributed by atoms with Gasteiger partial charge in [-0.05, 0) is 63.5 Å². The second-order valence-electron chi connectivity index (χ2n) is 5.51. The van der Waals surface area contributed by atoms with Gasteiger partial charge in [-0.2, -0.15) is 0 Å². The van der Waals surface area contributed by atoms with Crippen LogP contribution in [0.25, 0.3) is 0 Å². The first-order chi connectivity index (χ1) is 9.19. The molecule has 2 atom stereocenters. The van der Waals surface area contributed by atoms with Crippen LogP contribution in [-0.2, 0) is 0 Å². The lowest BCUT2D eigenvalue weighted by atomic mass is 10.0. The van der Waals surface area contributed by atoms with E-state index < -0.39 is 0 Å². The largest absolute Gasteiger partial charge is 0.307 e. The Hall–Kier alpha value is -0.570. The van der Waals surface area contributed by atoms with Crippen molar-refractivity contribution >= 4 is 11.6 Å². The number of hydrogen-bond donors (Lipinski definition) is 1. The van der Waals surface area contributed by atoms with Crippen LogP contribution in [0.2, 0.25) is 5.02 Å². The molecule has 0 amide bonds. The van der Waals surface area contributed by atoms with Crippen molar-refractivity contribution in [2.24, 2.45) is 0 Å². The molecule has 1 aliphatic heterocycles. The molecule has 0 spiro atoms. The van der Waals surface area contributed by atoms with Gasteiger partial charge < -0.3 is 10.2 Å². The fraction of sp³-hybridized carbons (Fsp3) is 0.625. The highest BCUT2D eigenvalue weighted by molar-refractivity contribution is 6.30. The molecule has 0 bridgehead atoms. The molecular formula is C16H25ClN2. The third kappa shape index (κ3) is 4.48. The van der Waals surface area contributed by atoms with Crippen LogP contribution in [0.5, 0.6) is 0 Å². The van der Waals surface area contributed by atoms with Crippen molar-refractivity contribution in [3.8, 4) is 0 Å². The second-order valence-corrected chi connectivity index (χ2v) is 5.94. The molecule has 19 heavy (non-hydrogen) atoms. The summed E-state index contributed by atoms with van der Waals surface area (Å²) in [5.74, 6) is 0. The van der Waals surface area contributed by atoms with E-state index in [1.807, 2.05) is 12.1 Å². The molecule has 1 aromatic carbocycles. The van der Waals surface area contributed by atoms with Crippen molar-refractivity contribution in [3.63, 3.8) is 0 Å². The van der Waals surface area contributed by atoms with E-state index in [1.54, 1.807) is 0 Å². The summed E-state index contributed by atoms with van der Waals surface area (Å²) in [4.78, 5) is 2.55. The number of rotatable bonds is 4. The van der Waals surface area contributed by atoms with Gasteiger partial charge in [0.25, 0.3) is 0 Å². The highest BCUT2D eigenvalue weighted by Crippen LogP contribution is 2.20. The summed E-state index contributed by atoms with van der Waals surface area (Å²) >= 11 is 6.06. The zero-order valence-electron chi connectivity index (χ0n) is 12.0. The van der Waals surface area contributed by atoms with Crippen LogP contribution < -0.4 is 5.32 Å². The fourth-order valence-corrected chi connectivity index (χ4v) is 3.06. The zero-order chi connectivity index (χ0) is 13.7. The molecule has 0 aliphatic carbocycles. The standard InChI is InChI=1S/C16H25ClN2/c1-3-19-10-5-8-16(9-11-19)18-13(2)14-6-4-7-15(17)12-14/h4,6-7,12-13,16,18H,3,5,8-11H2,1-2H3/t13-,16?/m1/s1. The van der Waals surface area contributed by atoms with E-state index in [9.17, 15) is 0 Å². The molecule has 2 nitrogen and oxygen atoms in total. The Morgan fingerprint density at radius 1 is 1.37 bits per heavy atom. The highest BCUT2D eigenvalue weighted by atomic mass is 35.5. The van der Waals surface area contributed by atoms with E-state index in [0.717, 1.165) is 5.02 Å². The molecule has 1 N–H and O–H groups in total. The van der Waals surface area contributed by atoms with Gasteiger partial charge in [0.05, 0.1) is 0 Å². The van der Waals surface area contributed by atoms with Gasteiger partial charge in [-0.3, -0.25) is 0 Å². The quantitative estimate of drug-likeness (QED) is 0.901. The van der Waals surface area contributed by atoms with Gasteiger partial charge >= 0.3 is 0 Å². The van der Waals surface area contributed by atoms with E-state index in [1.165, 1.54) is 44.5 Å². The molecule has 1 heterocycles. The number of nitrogens with zero attached hydrogens (tertiary/aromatic N) is 1. The van der Waals surface area contributed by atoms with E-state index >= 15 is 0 Å². The van der Waals surface area contributed by atoms with E-state index in [2.05, 4.69) is 36.2 Å². The number of benzene rings is 1. The average Bonchev–Trinajstić information content (AvgIpc) is 2.64. The van der Waals surface area contributed by atoms with Gasteiger partial charge in [-0.1, -0.05) is 30.7 Å². The monoisotopic (exact) mass is 280 g/mol. The van der Waals surface area contributed by atoms with E-state index in [-0.39, 0.29) is 0 Å². The van der Waals surface area contributed by atoms with Gasteiger partial charge in [-0.15, -0.1) is 0 Å². The third-order valence-electron chi connectivity index (χ3n) is 4.10. The normalized spacial score (nSPS) is 23.0. The molecule has 0 saturated carbocycles. The van der Waals surface area contributed by atoms with Crippen LogP contribution in [0.15, 0.2) is 24.3 Å². The minimum atomic E-state index is 0.372. The molecule has 3 heteroatoms. The topological polar surface area (TPSA) is 15.3 Å². The number of halogens is 1. The number of hydrogen-bond acceptors (Lipinski definition) is 2.